The van der Waals surface area contributed by atoms with Gasteiger partial charge in [-0.3, -0.25) is 4.79 Å². The minimum absolute atomic E-state index is 0.123. The van der Waals surface area contributed by atoms with Crippen LogP contribution in [-0.4, -0.2) is 42.9 Å². The van der Waals surface area contributed by atoms with E-state index < -0.39 is 6.10 Å². The Morgan fingerprint density at radius 2 is 2.35 bits per heavy atom. The van der Waals surface area contributed by atoms with Crippen LogP contribution in [0.5, 0.6) is 0 Å². The number of nitrogens with one attached hydrogen (secondary N) is 2. The van der Waals surface area contributed by atoms with Crippen LogP contribution in [-0.2, 0) is 11.2 Å². The van der Waals surface area contributed by atoms with Gasteiger partial charge in [-0.05, 0) is 30.9 Å². The molecule has 2 aliphatic heterocycles. The van der Waals surface area contributed by atoms with Crippen LogP contribution in [0.1, 0.15) is 28.8 Å². The molecule has 2 heterocycles. The number of fused-ring (bicyclic) bond motifs is 1. The monoisotopic (exact) mass is 276 g/mol. The summed E-state index contributed by atoms with van der Waals surface area (Å²) in [4.78, 5) is 12.4. The van der Waals surface area contributed by atoms with E-state index in [0.29, 0.717) is 18.6 Å². The molecule has 3 N–H and O–H groups in total. The summed E-state index contributed by atoms with van der Waals surface area (Å²) in [6.07, 6.45) is 2.12. The maximum atomic E-state index is 12.4. The SMILES string of the molecule is O=C(N[C@@H]1CCOC[C@H]1O)c1cccc2c1NCCC2. The summed E-state index contributed by atoms with van der Waals surface area (Å²) in [5.41, 5.74) is 2.80. The van der Waals surface area contributed by atoms with E-state index in [1.807, 2.05) is 12.1 Å². The number of aliphatic hydroxyl groups is 1. The number of hydrogen-bond acceptors (Lipinski definition) is 4. The Bertz CT molecular complexity index is 504. The molecule has 3 rings (SSSR count). The van der Waals surface area contributed by atoms with Crippen LogP contribution in [0.2, 0.25) is 0 Å². The van der Waals surface area contributed by atoms with E-state index in [1.165, 1.54) is 5.56 Å². The van der Waals surface area contributed by atoms with Crippen molar-refractivity contribution < 1.29 is 14.6 Å². The van der Waals surface area contributed by atoms with E-state index >= 15 is 0 Å². The van der Waals surface area contributed by atoms with Crippen LogP contribution in [0.15, 0.2) is 18.2 Å². The summed E-state index contributed by atoms with van der Waals surface area (Å²) >= 11 is 0. The third kappa shape index (κ3) is 2.64. The van der Waals surface area contributed by atoms with Gasteiger partial charge < -0.3 is 20.5 Å². The predicted octanol–water partition coefficient (Wildman–Crippen LogP) is 0.924. The molecule has 0 aromatic heterocycles. The highest BCUT2D eigenvalue weighted by Gasteiger charge is 2.26. The number of aliphatic hydroxyl groups excluding tert-OH is 1. The summed E-state index contributed by atoms with van der Waals surface area (Å²) in [6.45, 7) is 1.76. The fourth-order valence-corrected chi connectivity index (χ4v) is 2.84. The highest BCUT2D eigenvalue weighted by molar-refractivity contribution is 6.00. The number of benzene rings is 1. The van der Waals surface area contributed by atoms with E-state index in [9.17, 15) is 9.90 Å². The lowest BCUT2D eigenvalue weighted by Crippen LogP contribution is -2.48. The number of ether oxygens (including phenoxy) is 1. The normalized spacial score (nSPS) is 25.4. The van der Waals surface area contributed by atoms with Crippen LogP contribution in [0.3, 0.4) is 0 Å². The van der Waals surface area contributed by atoms with E-state index in [2.05, 4.69) is 16.7 Å². The number of para-hydroxylation sites is 1. The average molecular weight is 276 g/mol. The molecular weight excluding hydrogens is 256 g/mol. The van der Waals surface area contributed by atoms with Gasteiger partial charge in [0.2, 0.25) is 0 Å². The van der Waals surface area contributed by atoms with Crippen molar-refractivity contribution >= 4 is 11.6 Å². The topological polar surface area (TPSA) is 70.6 Å². The third-order valence-electron chi connectivity index (χ3n) is 3.96. The van der Waals surface area contributed by atoms with Crippen molar-refractivity contribution in [1.29, 1.82) is 0 Å². The maximum absolute atomic E-state index is 12.4. The van der Waals surface area contributed by atoms with Crippen molar-refractivity contribution in [3.8, 4) is 0 Å². The van der Waals surface area contributed by atoms with Crippen molar-refractivity contribution in [3.05, 3.63) is 29.3 Å². The minimum atomic E-state index is -0.625. The molecule has 20 heavy (non-hydrogen) atoms. The first-order valence-corrected chi connectivity index (χ1v) is 7.18. The molecule has 2 atom stereocenters. The summed E-state index contributed by atoms with van der Waals surface area (Å²) < 4.78 is 5.18. The first-order valence-electron chi connectivity index (χ1n) is 7.18. The Morgan fingerprint density at radius 3 is 3.20 bits per heavy atom. The number of carbonyl (C=O) groups excluding carboxylic acids is 1. The summed E-state index contributed by atoms with van der Waals surface area (Å²) in [5.74, 6) is -0.123. The lowest BCUT2D eigenvalue weighted by molar-refractivity contribution is -0.0260. The summed E-state index contributed by atoms with van der Waals surface area (Å²) in [6, 6.07) is 5.58. The average Bonchev–Trinajstić information content (AvgIpc) is 2.49. The van der Waals surface area contributed by atoms with Crippen molar-refractivity contribution in [2.24, 2.45) is 0 Å². The van der Waals surface area contributed by atoms with Gasteiger partial charge in [0.05, 0.1) is 30.0 Å². The number of aryl methyl sites for hydroxylation is 1. The molecule has 0 radical (unpaired) electrons. The molecule has 1 saturated heterocycles. The molecule has 0 bridgehead atoms. The van der Waals surface area contributed by atoms with Crippen molar-refractivity contribution in [2.45, 2.75) is 31.4 Å². The van der Waals surface area contributed by atoms with Gasteiger partial charge in [-0.25, -0.2) is 0 Å². The predicted molar refractivity (Wildman–Crippen MR) is 75.9 cm³/mol. The van der Waals surface area contributed by atoms with Crippen LogP contribution in [0.25, 0.3) is 0 Å². The second kappa shape index (κ2) is 5.81. The van der Waals surface area contributed by atoms with Crippen molar-refractivity contribution in [1.82, 2.24) is 5.32 Å². The van der Waals surface area contributed by atoms with Gasteiger partial charge in [0.15, 0.2) is 0 Å². The molecule has 1 amide bonds. The molecule has 5 heteroatoms. The highest BCUT2D eigenvalue weighted by atomic mass is 16.5. The van der Waals surface area contributed by atoms with Crippen LogP contribution in [0, 0.1) is 0 Å². The Kier molecular flexibility index (Phi) is 3.89. The molecule has 1 aromatic rings. The first kappa shape index (κ1) is 13.4. The van der Waals surface area contributed by atoms with Gasteiger partial charge >= 0.3 is 0 Å². The Hall–Kier alpha value is -1.59. The zero-order chi connectivity index (χ0) is 13.9. The number of carbonyl (C=O) groups is 1. The lowest BCUT2D eigenvalue weighted by Gasteiger charge is -2.29. The Labute approximate surface area is 118 Å². The summed E-state index contributed by atoms with van der Waals surface area (Å²) in [5, 5.41) is 16.1. The van der Waals surface area contributed by atoms with Crippen LogP contribution < -0.4 is 10.6 Å². The number of anilines is 1. The summed E-state index contributed by atoms with van der Waals surface area (Å²) in [7, 11) is 0. The minimum Gasteiger partial charge on any atom is -0.389 e. The van der Waals surface area contributed by atoms with Gasteiger partial charge in [0.25, 0.3) is 5.91 Å². The molecule has 0 unspecified atom stereocenters. The molecule has 5 nitrogen and oxygen atoms in total. The Balaban J connectivity index is 1.77. The maximum Gasteiger partial charge on any atom is 0.253 e. The third-order valence-corrected chi connectivity index (χ3v) is 3.96. The number of rotatable bonds is 2. The first-order chi connectivity index (χ1) is 9.75. The van der Waals surface area contributed by atoms with Crippen LogP contribution in [0.4, 0.5) is 5.69 Å². The largest absolute Gasteiger partial charge is 0.389 e. The molecule has 0 spiro atoms. The van der Waals surface area contributed by atoms with E-state index in [-0.39, 0.29) is 18.6 Å². The second-order valence-electron chi connectivity index (χ2n) is 5.38. The molecule has 1 aromatic carbocycles. The molecule has 2 aliphatic rings. The second-order valence-corrected chi connectivity index (χ2v) is 5.38. The quantitative estimate of drug-likeness (QED) is 0.751. The fourth-order valence-electron chi connectivity index (χ4n) is 2.84. The van der Waals surface area contributed by atoms with Crippen LogP contribution >= 0.6 is 0 Å². The smallest absolute Gasteiger partial charge is 0.253 e. The van der Waals surface area contributed by atoms with Crippen molar-refractivity contribution in [2.75, 3.05) is 25.1 Å². The number of amides is 1. The highest BCUT2D eigenvalue weighted by Crippen LogP contribution is 2.26. The van der Waals surface area contributed by atoms with E-state index in [0.717, 1.165) is 25.1 Å². The van der Waals surface area contributed by atoms with E-state index in [4.69, 9.17) is 4.74 Å². The van der Waals surface area contributed by atoms with Gasteiger partial charge in [0.1, 0.15) is 0 Å². The standard InChI is InChI=1S/C15H20N2O3/c18-13-9-20-8-6-12(13)17-15(19)11-5-1-3-10-4-2-7-16-14(10)11/h1,3,5,12-13,16,18H,2,4,6-9H2,(H,17,19)/t12-,13-/m1/s1. The van der Waals surface area contributed by atoms with Crippen molar-refractivity contribution in [3.63, 3.8) is 0 Å². The molecule has 0 aliphatic carbocycles. The van der Waals surface area contributed by atoms with Gasteiger partial charge in [0, 0.05) is 13.2 Å². The van der Waals surface area contributed by atoms with E-state index in [1.54, 1.807) is 0 Å². The van der Waals surface area contributed by atoms with Gasteiger partial charge in [-0.2, -0.15) is 0 Å². The molecule has 0 saturated carbocycles. The Morgan fingerprint density at radius 1 is 1.45 bits per heavy atom. The molecule has 108 valence electrons. The number of hydrogen-bond donors (Lipinski definition) is 3. The van der Waals surface area contributed by atoms with Gasteiger partial charge in [-0.15, -0.1) is 0 Å². The molecule has 1 fully saturated rings. The zero-order valence-electron chi connectivity index (χ0n) is 11.4. The molecular formula is C15H20N2O3. The lowest BCUT2D eigenvalue weighted by atomic mass is 9.98. The fraction of sp³-hybridized carbons (Fsp3) is 0.533. The van der Waals surface area contributed by atoms with Gasteiger partial charge in [-0.1, -0.05) is 12.1 Å². The zero-order valence-corrected chi connectivity index (χ0v) is 11.4.